The van der Waals surface area contributed by atoms with Crippen LogP contribution in [0.15, 0.2) is 49.1 Å². The molecule has 3 aromatic rings. The van der Waals surface area contributed by atoms with Crippen LogP contribution < -0.4 is 11.1 Å². The Kier molecular flexibility index (Phi) is 3.04. The van der Waals surface area contributed by atoms with Gasteiger partial charge in [-0.05, 0) is 31.2 Å². The molecule has 2 heterocycles. The molecule has 0 aliphatic carbocycles. The molecule has 0 unspecified atom stereocenters. The smallest absolute Gasteiger partial charge is 0.143 e. The third-order valence-corrected chi connectivity index (χ3v) is 2.78. The maximum Gasteiger partial charge on any atom is 0.143 e. The molecule has 0 saturated heterocycles. The highest BCUT2D eigenvalue weighted by Crippen LogP contribution is 2.18. The van der Waals surface area contributed by atoms with Crippen LogP contribution in [0.1, 0.15) is 5.82 Å². The molecule has 0 atom stereocenters. The van der Waals surface area contributed by atoms with E-state index in [2.05, 4.69) is 20.3 Å². The van der Waals surface area contributed by atoms with E-state index in [9.17, 15) is 0 Å². The Balaban J connectivity index is 1.92. The lowest BCUT2D eigenvalue weighted by atomic mass is 10.3. The molecule has 1 aromatic carbocycles. The van der Waals surface area contributed by atoms with Crippen LogP contribution in [0.3, 0.4) is 0 Å². The summed E-state index contributed by atoms with van der Waals surface area (Å²) >= 11 is 0. The number of nitrogens with zero attached hydrogens (tertiary/aromatic N) is 4. The molecule has 0 bridgehead atoms. The van der Waals surface area contributed by atoms with Gasteiger partial charge in [0.2, 0.25) is 0 Å². The number of rotatable bonds is 3. The van der Waals surface area contributed by atoms with Crippen molar-refractivity contribution in [3.8, 4) is 5.82 Å². The molecule has 0 aliphatic rings. The number of imidazole rings is 1. The van der Waals surface area contributed by atoms with E-state index in [0.29, 0.717) is 5.82 Å². The summed E-state index contributed by atoms with van der Waals surface area (Å²) in [4.78, 5) is 12.8. The van der Waals surface area contributed by atoms with E-state index in [1.807, 2.05) is 48.0 Å². The lowest BCUT2D eigenvalue weighted by Crippen LogP contribution is -2.02. The summed E-state index contributed by atoms with van der Waals surface area (Å²) in [6, 6.07) is 9.36. The van der Waals surface area contributed by atoms with Gasteiger partial charge in [-0.25, -0.2) is 15.0 Å². The van der Waals surface area contributed by atoms with Gasteiger partial charge in [-0.2, -0.15) is 0 Å². The molecule has 0 spiro atoms. The van der Waals surface area contributed by atoms with Crippen molar-refractivity contribution in [3.05, 3.63) is 54.9 Å². The lowest BCUT2D eigenvalue weighted by Gasteiger charge is -2.09. The number of nitrogens with two attached hydrogens (primary N) is 1. The summed E-state index contributed by atoms with van der Waals surface area (Å²) in [6.07, 6.45) is 5.26. The molecule has 6 nitrogen and oxygen atoms in total. The Morgan fingerprint density at radius 3 is 2.65 bits per heavy atom. The standard InChI is InChI=1S/C14H14N6/c1-10-17-13(19-12-4-2-11(15)3-5-12)8-14(18-10)20-7-6-16-9-20/h2-9H,15H2,1H3,(H,17,18,19). The van der Waals surface area contributed by atoms with Gasteiger partial charge in [0, 0.05) is 29.8 Å². The van der Waals surface area contributed by atoms with Gasteiger partial charge in [0.1, 0.15) is 23.8 Å². The van der Waals surface area contributed by atoms with E-state index in [-0.39, 0.29) is 0 Å². The fourth-order valence-corrected chi connectivity index (χ4v) is 1.86. The number of aryl methyl sites for hydroxylation is 1. The summed E-state index contributed by atoms with van der Waals surface area (Å²) in [5.74, 6) is 2.19. The zero-order valence-electron chi connectivity index (χ0n) is 11.0. The van der Waals surface area contributed by atoms with Crippen LogP contribution in [0.25, 0.3) is 5.82 Å². The van der Waals surface area contributed by atoms with E-state index in [1.165, 1.54) is 0 Å². The van der Waals surface area contributed by atoms with Crippen LogP contribution in [-0.2, 0) is 0 Å². The van der Waals surface area contributed by atoms with Crippen molar-refractivity contribution >= 4 is 17.2 Å². The average Bonchev–Trinajstić information content (AvgIpc) is 2.95. The summed E-state index contributed by atoms with van der Waals surface area (Å²) in [5, 5.41) is 3.23. The molecule has 3 N–H and O–H groups in total. The zero-order chi connectivity index (χ0) is 13.9. The zero-order valence-corrected chi connectivity index (χ0v) is 11.0. The van der Waals surface area contributed by atoms with Crippen LogP contribution in [0.2, 0.25) is 0 Å². The van der Waals surface area contributed by atoms with Crippen molar-refractivity contribution in [2.24, 2.45) is 0 Å². The average molecular weight is 266 g/mol. The normalized spacial score (nSPS) is 10.4. The molecule has 0 saturated carbocycles. The first kappa shape index (κ1) is 12.2. The first-order valence-corrected chi connectivity index (χ1v) is 6.17. The minimum Gasteiger partial charge on any atom is -0.399 e. The Hall–Kier alpha value is -2.89. The summed E-state index contributed by atoms with van der Waals surface area (Å²) in [6.45, 7) is 1.86. The van der Waals surface area contributed by atoms with E-state index < -0.39 is 0 Å². The van der Waals surface area contributed by atoms with E-state index in [1.54, 1.807) is 12.5 Å². The summed E-state index contributed by atoms with van der Waals surface area (Å²) in [7, 11) is 0. The number of hydrogen-bond donors (Lipinski definition) is 2. The summed E-state index contributed by atoms with van der Waals surface area (Å²) in [5.41, 5.74) is 7.32. The molecule has 6 heteroatoms. The maximum absolute atomic E-state index is 5.67. The Labute approximate surface area is 116 Å². The second kappa shape index (κ2) is 5.00. The largest absolute Gasteiger partial charge is 0.399 e. The Morgan fingerprint density at radius 1 is 1.15 bits per heavy atom. The van der Waals surface area contributed by atoms with Gasteiger partial charge >= 0.3 is 0 Å². The first-order chi connectivity index (χ1) is 9.70. The number of nitrogen functional groups attached to an aromatic ring is 1. The third-order valence-electron chi connectivity index (χ3n) is 2.78. The van der Waals surface area contributed by atoms with Gasteiger partial charge in [-0.15, -0.1) is 0 Å². The number of benzene rings is 1. The van der Waals surface area contributed by atoms with Gasteiger partial charge in [0.15, 0.2) is 0 Å². The van der Waals surface area contributed by atoms with Crippen molar-refractivity contribution in [2.45, 2.75) is 6.92 Å². The molecule has 0 radical (unpaired) electrons. The van der Waals surface area contributed by atoms with Crippen molar-refractivity contribution in [2.75, 3.05) is 11.1 Å². The molecule has 0 aliphatic heterocycles. The minimum atomic E-state index is 0.689. The molecule has 3 rings (SSSR count). The highest BCUT2D eigenvalue weighted by atomic mass is 15.1. The van der Waals surface area contributed by atoms with Gasteiger partial charge in [-0.1, -0.05) is 0 Å². The first-order valence-electron chi connectivity index (χ1n) is 6.17. The van der Waals surface area contributed by atoms with Crippen LogP contribution in [0, 0.1) is 6.92 Å². The SMILES string of the molecule is Cc1nc(Nc2ccc(N)cc2)cc(-n2ccnc2)n1. The van der Waals surface area contributed by atoms with E-state index in [0.717, 1.165) is 23.0 Å². The Bertz CT molecular complexity index is 703. The number of anilines is 3. The van der Waals surface area contributed by atoms with Gasteiger partial charge in [0.05, 0.1) is 0 Å². The van der Waals surface area contributed by atoms with Crippen LogP contribution in [0.5, 0.6) is 0 Å². The number of hydrogen-bond acceptors (Lipinski definition) is 5. The number of nitrogens with one attached hydrogen (secondary N) is 1. The van der Waals surface area contributed by atoms with Crippen molar-refractivity contribution in [1.29, 1.82) is 0 Å². The monoisotopic (exact) mass is 266 g/mol. The van der Waals surface area contributed by atoms with Crippen molar-refractivity contribution in [1.82, 2.24) is 19.5 Å². The van der Waals surface area contributed by atoms with Gasteiger partial charge in [0.25, 0.3) is 0 Å². The maximum atomic E-state index is 5.67. The lowest BCUT2D eigenvalue weighted by molar-refractivity contribution is 0.940. The quantitative estimate of drug-likeness (QED) is 0.711. The van der Waals surface area contributed by atoms with E-state index in [4.69, 9.17) is 5.73 Å². The molecule has 0 amide bonds. The van der Waals surface area contributed by atoms with Crippen LogP contribution >= 0.6 is 0 Å². The predicted octanol–water partition coefficient (Wildman–Crippen LogP) is 2.30. The third kappa shape index (κ3) is 2.59. The molecule has 20 heavy (non-hydrogen) atoms. The second-order valence-corrected chi connectivity index (χ2v) is 4.38. The molecule has 100 valence electrons. The Morgan fingerprint density at radius 2 is 1.95 bits per heavy atom. The molecular formula is C14H14N6. The fraction of sp³-hybridized carbons (Fsp3) is 0.0714. The topological polar surface area (TPSA) is 81.6 Å². The summed E-state index contributed by atoms with van der Waals surface area (Å²) < 4.78 is 1.84. The van der Waals surface area contributed by atoms with Gasteiger partial charge in [-0.3, -0.25) is 4.57 Å². The molecule has 0 fully saturated rings. The van der Waals surface area contributed by atoms with Gasteiger partial charge < -0.3 is 11.1 Å². The van der Waals surface area contributed by atoms with Crippen molar-refractivity contribution < 1.29 is 0 Å². The number of aromatic nitrogens is 4. The van der Waals surface area contributed by atoms with Crippen molar-refractivity contribution in [3.63, 3.8) is 0 Å². The highest BCUT2D eigenvalue weighted by Gasteiger charge is 2.04. The van der Waals surface area contributed by atoms with Crippen LogP contribution in [0.4, 0.5) is 17.2 Å². The molecular weight excluding hydrogens is 252 g/mol. The fourth-order valence-electron chi connectivity index (χ4n) is 1.86. The van der Waals surface area contributed by atoms with Crippen LogP contribution in [-0.4, -0.2) is 19.5 Å². The molecule has 2 aromatic heterocycles. The van der Waals surface area contributed by atoms with E-state index >= 15 is 0 Å². The predicted molar refractivity (Wildman–Crippen MR) is 78.0 cm³/mol. The minimum absolute atomic E-state index is 0.689. The second-order valence-electron chi connectivity index (χ2n) is 4.38. The highest BCUT2D eigenvalue weighted by molar-refractivity contribution is 5.60.